The fourth-order valence-electron chi connectivity index (χ4n) is 9.26. The Bertz CT molecular complexity index is 2450. The Kier molecular flexibility index (Phi) is 25.2. The third-order valence-electron chi connectivity index (χ3n) is 14.2. The van der Waals surface area contributed by atoms with E-state index in [4.69, 9.17) is 106 Å². The number of nitrogens with one attached hydrogen (secondary N) is 1. The lowest BCUT2D eigenvalue weighted by molar-refractivity contribution is -0.373. The van der Waals surface area contributed by atoms with Gasteiger partial charge in [-0.1, -0.05) is 123 Å². The summed E-state index contributed by atoms with van der Waals surface area (Å²) in [5.74, 6) is -5.06. The summed E-state index contributed by atoms with van der Waals surface area (Å²) in [6, 6.07) is 16.5. The zero-order chi connectivity index (χ0) is 60.9. The van der Waals surface area contributed by atoms with Crippen molar-refractivity contribution in [3.8, 4) is 0 Å². The summed E-state index contributed by atoms with van der Waals surface area (Å²) < 4.78 is 92.3. The van der Waals surface area contributed by atoms with E-state index < -0.39 is 164 Å². The minimum Gasteiger partial charge on any atom is -0.463 e. The molecule has 82 heavy (non-hydrogen) atoms. The van der Waals surface area contributed by atoms with Crippen molar-refractivity contribution in [2.24, 2.45) is 5.92 Å². The monoisotopic (exact) mass is 1240 g/mol. The number of halogens is 3. The van der Waals surface area contributed by atoms with Crippen molar-refractivity contribution in [1.82, 2.24) is 5.32 Å². The molecule has 0 spiro atoms. The fourth-order valence-corrected chi connectivity index (χ4v) is 11.9. The van der Waals surface area contributed by atoms with Gasteiger partial charge in [0.15, 0.2) is 57.7 Å². The Morgan fingerprint density at radius 3 is 1.55 bits per heavy atom. The van der Waals surface area contributed by atoms with Crippen LogP contribution in [0.15, 0.2) is 60.7 Å². The fraction of sp³-hybridized carbons (Fsp3) is 0.655. The highest BCUT2D eigenvalue weighted by atomic mass is 35.6. The summed E-state index contributed by atoms with van der Waals surface area (Å²) in [5, 5.41) is 2.24. The average molecular weight is 1240 g/mol. The van der Waals surface area contributed by atoms with Crippen LogP contribution in [0.2, 0.25) is 18.1 Å². The van der Waals surface area contributed by atoms with Crippen molar-refractivity contribution >= 4 is 85.0 Å². The molecule has 3 heterocycles. The van der Waals surface area contributed by atoms with Crippen molar-refractivity contribution in [2.45, 2.75) is 203 Å². The third-order valence-corrected chi connectivity index (χ3v) is 19.1. The van der Waals surface area contributed by atoms with E-state index >= 15 is 0 Å². The Morgan fingerprint density at radius 2 is 1.02 bits per heavy atom. The maximum Gasteiger partial charge on any atom is 0.407 e. The van der Waals surface area contributed by atoms with Gasteiger partial charge in [0.25, 0.3) is 0 Å². The number of alkyl carbamates (subject to hydrolysis) is 1. The molecule has 1 amide bonds. The van der Waals surface area contributed by atoms with Crippen molar-refractivity contribution < 1.29 is 104 Å². The predicted molar refractivity (Wildman–Crippen MR) is 293 cm³/mol. The van der Waals surface area contributed by atoms with Gasteiger partial charge in [0.2, 0.25) is 3.79 Å². The van der Waals surface area contributed by atoms with Crippen LogP contribution in [0, 0.1) is 5.92 Å². The van der Waals surface area contributed by atoms with Crippen LogP contribution in [0.4, 0.5) is 4.79 Å². The summed E-state index contributed by atoms with van der Waals surface area (Å²) in [6.45, 7) is 18.3. The maximum atomic E-state index is 14.3. The van der Waals surface area contributed by atoms with Gasteiger partial charge in [-0.05, 0) is 42.1 Å². The molecule has 3 aliphatic heterocycles. The summed E-state index contributed by atoms with van der Waals surface area (Å²) in [7, 11) is -3.12. The summed E-state index contributed by atoms with van der Waals surface area (Å²) >= 11 is 18.2. The van der Waals surface area contributed by atoms with Crippen molar-refractivity contribution in [3.05, 3.63) is 71.8 Å². The van der Waals surface area contributed by atoms with Gasteiger partial charge in [-0.15, -0.1) is 0 Å². The molecule has 5 rings (SSSR count). The van der Waals surface area contributed by atoms with E-state index in [-0.39, 0.29) is 25.7 Å². The number of carbonyl (C=O) groups excluding carboxylic acids is 7. The molecule has 0 bridgehead atoms. The summed E-state index contributed by atoms with van der Waals surface area (Å²) in [5.41, 5.74) is 1.43. The molecule has 0 aliphatic carbocycles. The Balaban J connectivity index is 1.83. The average Bonchev–Trinajstić information content (AvgIpc) is 3.56. The van der Waals surface area contributed by atoms with Crippen molar-refractivity contribution in [2.75, 3.05) is 19.8 Å². The number of rotatable bonds is 24. The van der Waals surface area contributed by atoms with Crippen LogP contribution < -0.4 is 5.32 Å². The molecule has 0 unspecified atom stereocenters. The molecule has 458 valence electrons. The molecule has 1 N–H and O–H groups in total. The zero-order valence-corrected chi connectivity index (χ0v) is 51.4. The number of hydrogen-bond donors (Lipinski definition) is 1. The molecule has 3 fully saturated rings. The van der Waals surface area contributed by atoms with Gasteiger partial charge < -0.3 is 76.1 Å². The van der Waals surface area contributed by atoms with Crippen LogP contribution in [0.3, 0.4) is 0 Å². The van der Waals surface area contributed by atoms with E-state index in [0.29, 0.717) is 5.56 Å². The van der Waals surface area contributed by atoms with E-state index in [1.54, 1.807) is 37.3 Å². The minimum absolute atomic E-state index is 0.0171. The van der Waals surface area contributed by atoms with Gasteiger partial charge in [-0.2, -0.15) is 0 Å². The molecule has 0 saturated carbocycles. The van der Waals surface area contributed by atoms with Crippen LogP contribution in [-0.4, -0.2) is 166 Å². The highest BCUT2D eigenvalue weighted by molar-refractivity contribution is 6.74. The first-order chi connectivity index (χ1) is 38.4. The quantitative estimate of drug-likeness (QED) is 0.0475. The van der Waals surface area contributed by atoms with Crippen molar-refractivity contribution in [3.63, 3.8) is 0 Å². The van der Waals surface area contributed by atoms with Crippen LogP contribution >= 0.6 is 34.8 Å². The second kappa shape index (κ2) is 30.4. The highest BCUT2D eigenvalue weighted by Crippen LogP contribution is 2.47. The van der Waals surface area contributed by atoms with E-state index in [1.165, 1.54) is 6.92 Å². The normalized spacial score (nSPS) is 28.7. The smallest absolute Gasteiger partial charge is 0.407 e. The van der Waals surface area contributed by atoms with Gasteiger partial charge in [-0.25, -0.2) is 4.79 Å². The van der Waals surface area contributed by atoms with Gasteiger partial charge in [-0.3, -0.25) is 28.8 Å². The van der Waals surface area contributed by atoms with Gasteiger partial charge in [0, 0.05) is 41.5 Å². The largest absolute Gasteiger partial charge is 0.463 e. The molecular formula is C55H76Cl3NO22Si. The Hall–Kier alpha value is -4.70. The topological polar surface area (TPSA) is 270 Å². The highest BCUT2D eigenvalue weighted by Gasteiger charge is 2.60. The predicted octanol–water partition coefficient (Wildman–Crippen LogP) is 7.10. The molecule has 3 saturated heterocycles. The summed E-state index contributed by atoms with van der Waals surface area (Å²) in [6.07, 6.45) is -23.0. The number of alkyl halides is 3. The van der Waals surface area contributed by atoms with Gasteiger partial charge in [0.1, 0.15) is 49.8 Å². The van der Waals surface area contributed by atoms with Crippen LogP contribution in [0.25, 0.3) is 0 Å². The number of carbonyl (C=O) groups is 7. The molecular weight excluding hydrogens is 1160 g/mol. The zero-order valence-electron chi connectivity index (χ0n) is 48.2. The molecule has 2 aromatic rings. The number of amides is 1. The molecule has 27 heteroatoms. The standard InChI is InChI=1S/C55H76Cl3NO22Si/c1-29(2)54(10,11)82(12,13)81-50-41(59-53(66)70-28-55(56,57)58)45(80-52-49(76-36(9)65)47(75-35(8)64)44(73-33(6)62)40(78-52)27-68-31(4)60)43(39(77-50)26-67-24-37-20-16-14-17-21-37)79-51-48(69-25-38-22-18-15-19-23-38)46(74-34(7)63)42(30(3)71-51)72-32(5)61/h14-23,29-30,39-52H,24-28H2,1-13H3,(H,59,66)/t30-,39+,40+,41+,42+,43+,44-,45+,46+,47-,48-,49+,50-,51-,52-/m0/s1. The van der Waals surface area contributed by atoms with E-state index in [1.807, 2.05) is 71.1 Å². The minimum atomic E-state index is -3.12. The molecule has 15 atom stereocenters. The molecule has 3 aliphatic rings. The number of hydrogen-bond acceptors (Lipinski definition) is 22. The first-order valence-electron chi connectivity index (χ1n) is 26.6. The lowest BCUT2D eigenvalue weighted by Gasteiger charge is -2.53. The lowest BCUT2D eigenvalue weighted by Crippen LogP contribution is -2.71. The third kappa shape index (κ3) is 19.7. The van der Waals surface area contributed by atoms with E-state index in [9.17, 15) is 33.6 Å². The summed E-state index contributed by atoms with van der Waals surface area (Å²) in [4.78, 5) is 91.6. The van der Waals surface area contributed by atoms with Crippen LogP contribution in [0.1, 0.15) is 87.3 Å². The van der Waals surface area contributed by atoms with E-state index in [2.05, 4.69) is 5.32 Å². The van der Waals surface area contributed by atoms with Crippen LogP contribution in [-0.2, 0) is 113 Å². The van der Waals surface area contributed by atoms with Crippen LogP contribution in [0.5, 0.6) is 0 Å². The number of ether oxygens (including phenoxy) is 14. The Morgan fingerprint density at radius 1 is 0.561 bits per heavy atom. The molecule has 0 aromatic heterocycles. The SMILES string of the molecule is CC(=O)OC[C@H]1O[C@@H](O[C@@H]2[C@@H](NC(=O)OCC(Cl)(Cl)Cl)[C@H](O[Si](C)(C)C(C)(C)C(C)C)O[C@H](COCc3ccccc3)[C@H]2O[C@@H]2O[C@@H](C)[C@@H](OC(C)=O)[C@@H](OC(C)=O)[C@@H]2OCc2ccccc2)[C@H](OC(C)=O)[C@@H](OC(C)=O)[C@H]1OC(C)=O. The van der Waals surface area contributed by atoms with E-state index in [0.717, 1.165) is 40.2 Å². The maximum absolute atomic E-state index is 14.3. The van der Waals surface area contributed by atoms with Gasteiger partial charge in [0.05, 0.1) is 25.9 Å². The molecule has 23 nitrogen and oxygen atoms in total. The molecule has 0 radical (unpaired) electrons. The Labute approximate surface area is 493 Å². The first-order valence-corrected chi connectivity index (χ1v) is 30.6. The first kappa shape index (κ1) is 68.1. The van der Waals surface area contributed by atoms with Crippen molar-refractivity contribution in [1.29, 1.82) is 0 Å². The second-order valence-corrected chi connectivity index (χ2v) is 28.4. The second-order valence-electron chi connectivity index (χ2n) is 21.3. The number of esters is 6. The lowest BCUT2D eigenvalue weighted by atomic mass is 9.94. The number of benzene rings is 2. The molecule has 2 aromatic carbocycles. The van der Waals surface area contributed by atoms with Gasteiger partial charge >= 0.3 is 41.9 Å².